The fraction of sp³-hybridized carbons (Fsp3) is 0.429. The van der Waals surface area contributed by atoms with Crippen LogP contribution in [0.5, 0.6) is 0 Å². The van der Waals surface area contributed by atoms with Crippen LogP contribution in [-0.4, -0.2) is 46.6 Å². The third-order valence-corrected chi connectivity index (χ3v) is 6.39. The van der Waals surface area contributed by atoms with E-state index in [1.54, 1.807) is 0 Å². The molecule has 6 rings (SSSR count). The summed E-state index contributed by atoms with van der Waals surface area (Å²) in [5.41, 5.74) is 1.67. The molecule has 5 nitrogen and oxygen atoms in total. The maximum Gasteiger partial charge on any atom is 0.256 e. The highest BCUT2D eigenvalue weighted by molar-refractivity contribution is 6.03. The second-order valence-corrected chi connectivity index (χ2v) is 8.16. The van der Waals surface area contributed by atoms with Crippen molar-refractivity contribution in [2.75, 3.05) is 24.5 Å². The summed E-state index contributed by atoms with van der Waals surface area (Å²) >= 11 is 0. The molecule has 0 spiro atoms. The number of nitrogens with one attached hydrogen (secondary N) is 1. The Kier molecular flexibility index (Phi) is 3.00. The number of benzene rings is 1. The zero-order valence-corrected chi connectivity index (χ0v) is 14.7. The third-order valence-electron chi connectivity index (χ3n) is 6.39. The van der Waals surface area contributed by atoms with Gasteiger partial charge in [-0.15, -0.1) is 0 Å². The first-order valence-corrected chi connectivity index (χ1v) is 9.69. The number of aromatic nitrogens is 2. The molecule has 2 aliphatic heterocycles. The number of hydrogen-bond donors (Lipinski definition) is 1. The van der Waals surface area contributed by atoms with Crippen LogP contribution in [0.1, 0.15) is 19.3 Å². The summed E-state index contributed by atoms with van der Waals surface area (Å²) in [4.78, 5) is 25.4. The van der Waals surface area contributed by atoms with E-state index in [0.717, 1.165) is 34.7 Å². The molecule has 5 heteroatoms. The van der Waals surface area contributed by atoms with Crippen molar-refractivity contribution >= 4 is 27.6 Å². The summed E-state index contributed by atoms with van der Waals surface area (Å²) in [5, 5.41) is 1.65. The average molecular weight is 346 g/mol. The topological polar surface area (TPSA) is 52.2 Å². The summed E-state index contributed by atoms with van der Waals surface area (Å²) in [6.07, 6.45) is 4.11. The summed E-state index contributed by atoms with van der Waals surface area (Å²) in [6.45, 7) is 3.55. The van der Waals surface area contributed by atoms with Gasteiger partial charge in [-0.1, -0.05) is 18.2 Å². The molecule has 0 radical (unpaired) electrons. The van der Waals surface area contributed by atoms with E-state index in [4.69, 9.17) is 4.98 Å². The van der Waals surface area contributed by atoms with Crippen LogP contribution in [0, 0.1) is 5.92 Å². The zero-order valence-electron chi connectivity index (χ0n) is 14.7. The van der Waals surface area contributed by atoms with E-state index < -0.39 is 0 Å². The van der Waals surface area contributed by atoms with Gasteiger partial charge in [0.25, 0.3) is 5.56 Å². The van der Waals surface area contributed by atoms with Gasteiger partial charge in [-0.2, -0.15) is 0 Å². The van der Waals surface area contributed by atoms with Gasteiger partial charge < -0.3 is 9.88 Å². The third kappa shape index (κ3) is 2.20. The second kappa shape index (κ2) is 5.30. The SMILES string of the molecule is O=c1[nH]c2ccc(N3C[C@H]4C[C@@H]3CN4CC3CC3)nc2c2ccccc12. The van der Waals surface area contributed by atoms with Crippen LogP contribution in [-0.2, 0) is 0 Å². The van der Waals surface area contributed by atoms with Gasteiger partial charge in [-0.3, -0.25) is 9.69 Å². The zero-order chi connectivity index (χ0) is 17.3. The molecule has 3 aliphatic rings. The van der Waals surface area contributed by atoms with Crippen LogP contribution in [0.25, 0.3) is 21.8 Å². The molecule has 1 saturated carbocycles. The molecule has 3 fully saturated rings. The van der Waals surface area contributed by atoms with Gasteiger partial charge >= 0.3 is 0 Å². The van der Waals surface area contributed by atoms with Crippen molar-refractivity contribution in [2.24, 2.45) is 5.92 Å². The van der Waals surface area contributed by atoms with Crippen molar-refractivity contribution in [3.63, 3.8) is 0 Å². The van der Waals surface area contributed by atoms with E-state index >= 15 is 0 Å². The van der Waals surface area contributed by atoms with E-state index in [-0.39, 0.29) is 5.56 Å². The number of piperazine rings is 1. The van der Waals surface area contributed by atoms with Crippen molar-refractivity contribution in [3.8, 4) is 0 Å². The number of H-pyrrole nitrogens is 1. The van der Waals surface area contributed by atoms with Crippen LogP contribution in [0.4, 0.5) is 5.82 Å². The molecule has 1 aromatic carbocycles. The van der Waals surface area contributed by atoms with Crippen molar-refractivity contribution in [2.45, 2.75) is 31.3 Å². The largest absolute Gasteiger partial charge is 0.351 e. The Labute approximate surface area is 151 Å². The predicted molar refractivity (Wildman–Crippen MR) is 104 cm³/mol. The highest BCUT2D eigenvalue weighted by Gasteiger charge is 2.44. The fourth-order valence-corrected chi connectivity index (χ4v) is 4.88. The molecule has 2 saturated heterocycles. The van der Waals surface area contributed by atoms with Crippen molar-refractivity contribution in [1.82, 2.24) is 14.9 Å². The monoisotopic (exact) mass is 346 g/mol. The van der Waals surface area contributed by atoms with Crippen LogP contribution < -0.4 is 10.5 Å². The minimum absolute atomic E-state index is 0.0430. The van der Waals surface area contributed by atoms with Gasteiger partial charge in [0.2, 0.25) is 0 Å². The number of anilines is 1. The van der Waals surface area contributed by atoms with E-state index in [1.165, 1.54) is 32.4 Å². The Hall–Kier alpha value is -2.40. The van der Waals surface area contributed by atoms with Crippen molar-refractivity contribution in [1.29, 1.82) is 0 Å². The Morgan fingerprint density at radius 2 is 1.88 bits per heavy atom. The van der Waals surface area contributed by atoms with Gasteiger partial charge in [0.15, 0.2) is 0 Å². The Morgan fingerprint density at radius 1 is 1.04 bits per heavy atom. The molecule has 2 atom stereocenters. The minimum atomic E-state index is -0.0430. The molecule has 1 N–H and O–H groups in total. The summed E-state index contributed by atoms with van der Waals surface area (Å²) in [6, 6.07) is 13.1. The molecule has 26 heavy (non-hydrogen) atoms. The Morgan fingerprint density at radius 3 is 2.65 bits per heavy atom. The molecule has 2 aromatic heterocycles. The first kappa shape index (κ1) is 14.7. The van der Waals surface area contributed by atoms with Gasteiger partial charge in [-0.25, -0.2) is 4.98 Å². The lowest BCUT2D eigenvalue weighted by molar-refractivity contribution is 0.229. The average Bonchev–Trinajstić information content (AvgIpc) is 3.26. The lowest BCUT2D eigenvalue weighted by Gasteiger charge is -2.35. The molecule has 0 amide bonds. The highest BCUT2D eigenvalue weighted by atomic mass is 16.1. The van der Waals surface area contributed by atoms with Crippen LogP contribution in [0.2, 0.25) is 0 Å². The minimum Gasteiger partial charge on any atom is -0.351 e. The molecular formula is C21H22N4O. The molecule has 3 aromatic rings. The molecule has 2 bridgehead atoms. The Bertz CT molecular complexity index is 1070. The number of fused-ring (bicyclic) bond motifs is 5. The van der Waals surface area contributed by atoms with Gasteiger partial charge in [0.1, 0.15) is 5.82 Å². The smallest absolute Gasteiger partial charge is 0.256 e. The lowest BCUT2D eigenvalue weighted by Crippen LogP contribution is -2.47. The van der Waals surface area contributed by atoms with Crippen LogP contribution in [0.15, 0.2) is 41.2 Å². The van der Waals surface area contributed by atoms with Gasteiger partial charge in [-0.05, 0) is 43.4 Å². The molecule has 132 valence electrons. The predicted octanol–water partition coefficient (Wildman–Crippen LogP) is 2.75. The highest BCUT2D eigenvalue weighted by Crippen LogP contribution is 2.38. The number of rotatable bonds is 3. The van der Waals surface area contributed by atoms with E-state index in [1.807, 2.05) is 30.3 Å². The number of likely N-dealkylation sites (tertiary alicyclic amines) is 1. The molecule has 4 heterocycles. The van der Waals surface area contributed by atoms with E-state index in [0.29, 0.717) is 17.5 Å². The maximum atomic E-state index is 12.3. The number of aromatic amines is 1. The summed E-state index contributed by atoms with van der Waals surface area (Å²) in [7, 11) is 0. The molecule has 1 aliphatic carbocycles. The first-order valence-electron chi connectivity index (χ1n) is 9.69. The fourth-order valence-electron chi connectivity index (χ4n) is 4.88. The van der Waals surface area contributed by atoms with E-state index in [9.17, 15) is 4.79 Å². The summed E-state index contributed by atoms with van der Waals surface area (Å²) in [5.74, 6) is 2.01. The normalized spacial score (nSPS) is 25.6. The van der Waals surface area contributed by atoms with Crippen LogP contribution in [0.3, 0.4) is 0 Å². The van der Waals surface area contributed by atoms with Crippen molar-refractivity contribution < 1.29 is 0 Å². The molecule has 0 unspecified atom stereocenters. The van der Waals surface area contributed by atoms with Crippen molar-refractivity contribution in [3.05, 3.63) is 46.8 Å². The van der Waals surface area contributed by atoms with Crippen LogP contribution >= 0.6 is 0 Å². The summed E-state index contributed by atoms with van der Waals surface area (Å²) < 4.78 is 0. The van der Waals surface area contributed by atoms with E-state index in [2.05, 4.69) is 20.9 Å². The number of pyridine rings is 2. The first-order chi connectivity index (χ1) is 12.8. The maximum absolute atomic E-state index is 12.3. The molecular weight excluding hydrogens is 324 g/mol. The van der Waals surface area contributed by atoms with Gasteiger partial charge in [0, 0.05) is 42.5 Å². The lowest BCUT2D eigenvalue weighted by atomic mass is 10.1. The number of nitrogens with zero attached hydrogens (tertiary/aromatic N) is 3. The second-order valence-electron chi connectivity index (χ2n) is 8.16. The van der Waals surface area contributed by atoms with Gasteiger partial charge in [0.05, 0.1) is 11.0 Å². The Balaban J connectivity index is 1.38. The quantitative estimate of drug-likeness (QED) is 0.741. The standard InChI is InChI=1S/C21H22N4O/c26-21-17-4-2-1-3-16(17)20-18(22-21)7-8-19(23-20)25-12-14-9-15(25)11-24(14)10-13-5-6-13/h1-4,7-8,13-15H,5-6,9-12H2,(H,22,26)/t14-,15-/m1/s1. The number of hydrogen-bond acceptors (Lipinski definition) is 4.